The molecule has 2 heterocycles. The van der Waals surface area contributed by atoms with Crippen molar-refractivity contribution >= 4 is 0 Å². The first-order chi connectivity index (χ1) is 10.3. The highest BCUT2D eigenvalue weighted by Crippen LogP contribution is 2.35. The number of allylic oxidation sites excluding steroid dienone is 2. The molecular weight excluding hydrogens is 268 g/mol. The molecule has 2 aliphatic rings. The minimum Gasteiger partial charge on any atom is -0.489 e. The van der Waals surface area contributed by atoms with E-state index in [1.807, 2.05) is 18.2 Å². The van der Waals surface area contributed by atoms with Crippen molar-refractivity contribution in [1.82, 2.24) is 0 Å². The monoisotopic (exact) mass is 288 g/mol. The fourth-order valence-corrected chi connectivity index (χ4v) is 2.19. The predicted molar refractivity (Wildman–Crippen MR) is 80.0 cm³/mol. The highest BCUT2D eigenvalue weighted by atomic mass is 16.7. The molecule has 4 heteroatoms. The number of benzene rings is 1. The molecule has 0 aliphatic carbocycles. The lowest BCUT2D eigenvalue weighted by atomic mass is 10.1. The van der Waals surface area contributed by atoms with Gasteiger partial charge in [0.1, 0.15) is 12.4 Å². The normalized spacial score (nSPS) is 16.6. The molecule has 3 rings (SSSR count). The van der Waals surface area contributed by atoms with Gasteiger partial charge in [-0.15, -0.1) is 0 Å². The van der Waals surface area contributed by atoms with E-state index in [1.165, 1.54) is 11.1 Å². The highest BCUT2D eigenvalue weighted by Gasteiger charge is 2.13. The van der Waals surface area contributed by atoms with Crippen LogP contribution >= 0.6 is 0 Å². The van der Waals surface area contributed by atoms with E-state index in [9.17, 15) is 0 Å². The summed E-state index contributed by atoms with van der Waals surface area (Å²) in [4.78, 5) is 0. The molecule has 2 aliphatic heterocycles. The minimum absolute atomic E-state index is 0.290. The Morgan fingerprint density at radius 1 is 1.24 bits per heavy atom. The third kappa shape index (κ3) is 3.79. The van der Waals surface area contributed by atoms with Gasteiger partial charge in [0.25, 0.3) is 0 Å². The van der Waals surface area contributed by atoms with Gasteiger partial charge in [-0.1, -0.05) is 11.6 Å². The van der Waals surface area contributed by atoms with Crippen molar-refractivity contribution in [1.29, 1.82) is 0 Å². The van der Waals surface area contributed by atoms with E-state index in [0.29, 0.717) is 13.4 Å². The second-order valence-corrected chi connectivity index (χ2v) is 5.27. The predicted octanol–water partition coefficient (Wildman–Crippen LogP) is 3.48. The summed E-state index contributed by atoms with van der Waals surface area (Å²) < 4.78 is 21.4. The Hall–Kier alpha value is -1.94. The van der Waals surface area contributed by atoms with Crippen LogP contribution in [0.2, 0.25) is 0 Å². The van der Waals surface area contributed by atoms with Crippen LogP contribution in [-0.4, -0.2) is 26.6 Å². The van der Waals surface area contributed by atoms with Gasteiger partial charge in [-0.05, 0) is 43.5 Å². The Morgan fingerprint density at radius 2 is 2.10 bits per heavy atom. The molecule has 0 aromatic heterocycles. The summed E-state index contributed by atoms with van der Waals surface area (Å²) in [7, 11) is 0. The zero-order chi connectivity index (χ0) is 14.5. The third-order valence-electron chi connectivity index (χ3n) is 3.57. The van der Waals surface area contributed by atoms with E-state index in [1.54, 1.807) is 0 Å². The average molecular weight is 288 g/mol. The van der Waals surface area contributed by atoms with Crippen LogP contribution in [0.5, 0.6) is 17.2 Å². The molecule has 21 heavy (non-hydrogen) atoms. The first kappa shape index (κ1) is 14.0. The maximum Gasteiger partial charge on any atom is 0.231 e. The summed E-state index contributed by atoms with van der Waals surface area (Å²) in [5.41, 5.74) is 2.76. The van der Waals surface area contributed by atoms with Crippen molar-refractivity contribution in [2.75, 3.05) is 26.6 Å². The lowest BCUT2D eigenvalue weighted by Crippen LogP contribution is -2.15. The van der Waals surface area contributed by atoms with Gasteiger partial charge < -0.3 is 18.9 Å². The van der Waals surface area contributed by atoms with Crippen molar-refractivity contribution in [2.24, 2.45) is 0 Å². The quantitative estimate of drug-likeness (QED) is 0.751. The molecular formula is C17H20O4. The molecule has 4 nitrogen and oxygen atoms in total. The average Bonchev–Trinajstić information content (AvgIpc) is 2.89. The van der Waals surface area contributed by atoms with E-state index in [0.717, 1.165) is 43.3 Å². The largest absolute Gasteiger partial charge is 0.489 e. The Morgan fingerprint density at radius 3 is 2.90 bits per heavy atom. The van der Waals surface area contributed by atoms with E-state index in [-0.39, 0.29) is 0 Å². The molecule has 0 unspecified atom stereocenters. The minimum atomic E-state index is 0.290. The molecule has 1 aromatic carbocycles. The second-order valence-electron chi connectivity index (χ2n) is 5.27. The van der Waals surface area contributed by atoms with Crippen LogP contribution in [0.4, 0.5) is 0 Å². The van der Waals surface area contributed by atoms with Gasteiger partial charge >= 0.3 is 0 Å². The molecule has 0 amide bonds. The summed E-state index contributed by atoms with van der Waals surface area (Å²) in [5.74, 6) is 2.33. The molecule has 0 N–H and O–H groups in total. The van der Waals surface area contributed by atoms with E-state index >= 15 is 0 Å². The zero-order valence-electron chi connectivity index (χ0n) is 12.3. The summed E-state index contributed by atoms with van der Waals surface area (Å²) >= 11 is 0. The second kappa shape index (κ2) is 6.68. The molecule has 1 aromatic rings. The highest BCUT2D eigenvalue weighted by molar-refractivity contribution is 5.46. The van der Waals surface area contributed by atoms with Gasteiger partial charge in [0.05, 0.1) is 13.2 Å². The number of fused-ring (bicyclic) bond motifs is 1. The standard InChI is InChI=1S/C17H20O4/c1-13(3-2-4-14-10-18-11-14)7-8-19-15-5-6-16-17(9-15)21-12-20-16/h4-7,9H,2-3,8,10-12H2,1H3/b13-7+. The lowest BCUT2D eigenvalue weighted by Gasteiger charge is -2.17. The maximum atomic E-state index is 5.71. The summed E-state index contributed by atoms with van der Waals surface area (Å²) in [6, 6.07) is 5.64. The van der Waals surface area contributed by atoms with Crippen molar-refractivity contribution < 1.29 is 18.9 Å². The fraction of sp³-hybridized carbons (Fsp3) is 0.412. The molecule has 0 bridgehead atoms. The zero-order valence-corrected chi connectivity index (χ0v) is 12.3. The molecule has 1 saturated heterocycles. The molecule has 1 fully saturated rings. The van der Waals surface area contributed by atoms with Gasteiger partial charge in [-0.3, -0.25) is 0 Å². The van der Waals surface area contributed by atoms with Crippen LogP contribution in [0.1, 0.15) is 19.8 Å². The Labute approximate surface area is 125 Å². The lowest BCUT2D eigenvalue weighted by molar-refractivity contribution is 0.102. The van der Waals surface area contributed by atoms with Crippen LogP contribution in [0, 0.1) is 0 Å². The summed E-state index contributed by atoms with van der Waals surface area (Å²) in [6.07, 6.45) is 6.54. The van der Waals surface area contributed by atoms with E-state index < -0.39 is 0 Å². The Kier molecular flexibility index (Phi) is 4.46. The Bertz CT molecular complexity index is 554. The van der Waals surface area contributed by atoms with Crippen LogP contribution in [0.25, 0.3) is 0 Å². The summed E-state index contributed by atoms with van der Waals surface area (Å²) in [6.45, 7) is 4.63. The van der Waals surface area contributed by atoms with Crippen molar-refractivity contribution in [3.8, 4) is 17.2 Å². The van der Waals surface area contributed by atoms with Gasteiger partial charge in [0, 0.05) is 6.07 Å². The molecule has 0 spiro atoms. The van der Waals surface area contributed by atoms with Crippen LogP contribution in [-0.2, 0) is 4.74 Å². The SMILES string of the molecule is C/C(=C\COc1ccc2c(c1)OCO2)CCC=C1COC1. The Balaban J connectivity index is 1.42. The molecule has 0 atom stereocenters. The van der Waals surface area contributed by atoms with Crippen molar-refractivity contribution in [3.63, 3.8) is 0 Å². The first-order valence-electron chi connectivity index (χ1n) is 7.25. The van der Waals surface area contributed by atoms with Gasteiger partial charge in [0.15, 0.2) is 11.5 Å². The topological polar surface area (TPSA) is 36.9 Å². The maximum absolute atomic E-state index is 5.71. The van der Waals surface area contributed by atoms with Crippen LogP contribution in [0.15, 0.2) is 41.5 Å². The number of rotatable bonds is 6. The molecule has 0 saturated carbocycles. The van der Waals surface area contributed by atoms with Gasteiger partial charge in [-0.25, -0.2) is 0 Å². The fourth-order valence-electron chi connectivity index (χ4n) is 2.19. The molecule has 0 radical (unpaired) electrons. The van der Waals surface area contributed by atoms with Gasteiger partial charge in [0.2, 0.25) is 6.79 Å². The number of hydrogen-bond acceptors (Lipinski definition) is 4. The number of ether oxygens (including phenoxy) is 4. The van der Waals surface area contributed by atoms with Crippen LogP contribution in [0.3, 0.4) is 0 Å². The van der Waals surface area contributed by atoms with E-state index in [4.69, 9.17) is 18.9 Å². The van der Waals surface area contributed by atoms with Crippen LogP contribution < -0.4 is 14.2 Å². The van der Waals surface area contributed by atoms with E-state index in [2.05, 4.69) is 19.1 Å². The van der Waals surface area contributed by atoms with Crippen molar-refractivity contribution in [3.05, 3.63) is 41.5 Å². The third-order valence-corrected chi connectivity index (χ3v) is 3.57. The van der Waals surface area contributed by atoms with Crippen molar-refractivity contribution in [2.45, 2.75) is 19.8 Å². The smallest absolute Gasteiger partial charge is 0.231 e. The summed E-state index contributed by atoms with van der Waals surface area (Å²) in [5, 5.41) is 0. The first-order valence-corrected chi connectivity index (χ1v) is 7.25. The number of hydrogen-bond donors (Lipinski definition) is 0. The molecule has 112 valence electrons. The van der Waals surface area contributed by atoms with Gasteiger partial charge in [-0.2, -0.15) is 0 Å².